The number of rotatable bonds is 3. The van der Waals surface area contributed by atoms with Crippen molar-refractivity contribution in [1.82, 2.24) is 14.7 Å². The maximum Gasteiger partial charge on any atom is 0.410 e. The molecular weight excluding hydrogens is 433 g/mol. The number of benzene rings is 1. The Balaban J connectivity index is 1.71. The topological polar surface area (TPSA) is 59.4 Å². The van der Waals surface area contributed by atoms with E-state index in [0.29, 0.717) is 17.9 Å². The molecule has 1 fully saturated rings. The number of fused-ring (bicyclic) bond motifs is 1. The van der Waals surface area contributed by atoms with Crippen LogP contribution < -0.4 is 10.1 Å². The zero-order chi connectivity index (χ0) is 22.3. The first kappa shape index (κ1) is 21.8. The van der Waals surface area contributed by atoms with Gasteiger partial charge in [0, 0.05) is 19.0 Å². The number of hydrogen-bond acceptors (Lipinski definition) is 4. The molecule has 2 aliphatic heterocycles. The summed E-state index contributed by atoms with van der Waals surface area (Å²) in [6.07, 6.45) is -2.10. The Morgan fingerprint density at radius 2 is 1.97 bits per heavy atom. The number of aromatic nitrogens is 2. The molecule has 0 unspecified atom stereocenters. The number of piperidine rings is 1. The van der Waals surface area contributed by atoms with Gasteiger partial charge in [0.2, 0.25) is 0 Å². The minimum absolute atomic E-state index is 0.00513. The normalized spacial score (nSPS) is 23.8. The van der Waals surface area contributed by atoms with Crippen LogP contribution in [0.25, 0.3) is 0 Å². The number of alkyl halides is 3. The quantitative estimate of drug-likeness (QED) is 0.688. The fraction of sp³-hybridized carbons (Fsp3) is 0.524. The van der Waals surface area contributed by atoms with Crippen LogP contribution in [-0.4, -0.2) is 46.5 Å². The molecular formula is C21H24ClF3N4O2. The number of halogens is 4. The van der Waals surface area contributed by atoms with Crippen molar-refractivity contribution in [2.75, 3.05) is 19.0 Å². The third kappa shape index (κ3) is 4.07. The van der Waals surface area contributed by atoms with Crippen LogP contribution >= 0.6 is 11.6 Å². The van der Waals surface area contributed by atoms with Gasteiger partial charge in [-0.05, 0) is 43.9 Å². The summed E-state index contributed by atoms with van der Waals surface area (Å²) < 4.78 is 47.8. The SMILES string of the molecule is COc1ccc([C@H]2C[C@H](C(F)(F)F)n3nc(C(=O)N4CCCC[C@@H]4C)c(Cl)c3N2)cc1. The summed E-state index contributed by atoms with van der Waals surface area (Å²) in [6.45, 7) is 2.47. The van der Waals surface area contributed by atoms with E-state index in [-0.39, 0.29) is 29.0 Å². The molecule has 2 aliphatic rings. The molecule has 2 aromatic rings. The van der Waals surface area contributed by atoms with E-state index < -0.39 is 24.2 Å². The van der Waals surface area contributed by atoms with Crippen LogP contribution in [0.4, 0.5) is 19.0 Å². The average molecular weight is 457 g/mol. The molecule has 0 spiro atoms. The summed E-state index contributed by atoms with van der Waals surface area (Å²) in [7, 11) is 1.52. The Morgan fingerprint density at radius 3 is 2.58 bits per heavy atom. The smallest absolute Gasteiger partial charge is 0.410 e. The Bertz CT molecular complexity index is 961. The highest BCUT2D eigenvalue weighted by Crippen LogP contribution is 2.46. The standard InChI is InChI=1S/C21H24ClF3N4O2/c1-12-5-3-4-10-28(12)20(30)18-17(22)19-26-15(13-6-8-14(31-2)9-7-13)11-16(21(23,24)25)29(19)27-18/h6-9,12,15-16,26H,3-5,10-11H2,1-2H3/t12-,15+,16+/m0/s1. The molecule has 1 amide bonds. The highest BCUT2D eigenvalue weighted by atomic mass is 35.5. The maximum absolute atomic E-state index is 13.9. The predicted octanol–water partition coefficient (Wildman–Crippen LogP) is 5.22. The van der Waals surface area contributed by atoms with Crippen LogP contribution in [0.5, 0.6) is 5.75 Å². The molecule has 0 aliphatic carbocycles. The third-order valence-corrected chi connectivity index (χ3v) is 6.44. The van der Waals surface area contributed by atoms with E-state index in [0.717, 1.165) is 23.9 Å². The van der Waals surface area contributed by atoms with Gasteiger partial charge in [0.1, 0.15) is 16.6 Å². The zero-order valence-electron chi connectivity index (χ0n) is 17.2. The number of hydrogen-bond donors (Lipinski definition) is 1. The zero-order valence-corrected chi connectivity index (χ0v) is 18.0. The maximum atomic E-state index is 13.9. The van der Waals surface area contributed by atoms with E-state index in [1.54, 1.807) is 29.2 Å². The number of likely N-dealkylation sites (tertiary alicyclic amines) is 1. The van der Waals surface area contributed by atoms with Gasteiger partial charge in [0.05, 0.1) is 13.2 Å². The molecule has 10 heteroatoms. The number of ether oxygens (including phenoxy) is 1. The Labute approximate surface area is 183 Å². The second-order valence-corrected chi connectivity index (χ2v) is 8.44. The van der Waals surface area contributed by atoms with Crippen LogP contribution in [0.15, 0.2) is 24.3 Å². The number of anilines is 1. The lowest BCUT2D eigenvalue weighted by molar-refractivity contribution is -0.173. The fourth-order valence-corrected chi connectivity index (χ4v) is 4.58. The lowest BCUT2D eigenvalue weighted by Gasteiger charge is -2.33. The largest absolute Gasteiger partial charge is 0.497 e. The predicted molar refractivity (Wildman–Crippen MR) is 111 cm³/mol. The van der Waals surface area contributed by atoms with Gasteiger partial charge in [-0.3, -0.25) is 4.79 Å². The monoisotopic (exact) mass is 456 g/mol. The van der Waals surface area contributed by atoms with Crippen LogP contribution in [0.1, 0.15) is 60.7 Å². The molecule has 4 rings (SSSR count). The first-order valence-electron chi connectivity index (χ1n) is 10.3. The van der Waals surface area contributed by atoms with Gasteiger partial charge in [-0.1, -0.05) is 23.7 Å². The van der Waals surface area contributed by atoms with E-state index in [1.807, 2.05) is 6.92 Å². The fourth-order valence-electron chi connectivity index (χ4n) is 4.32. The third-order valence-electron chi connectivity index (χ3n) is 6.08. The van der Waals surface area contributed by atoms with Crippen molar-refractivity contribution in [3.63, 3.8) is 0 Å². The van der Waals surface area contributed by atoms with Gasteiger partial charge in [0.15, 0.2) is 11.7 Å². The second kappa shape index (κ2) is 8.26. The molecule has 168 valence electrons. The first-order chi connectivity index (χ1) is 14.7. The van der Waals surface area contributed by atoms with Crippen molar-refractivity contribution in [2.24, 2.45) is 0 Å². The molecule has 0 saturated carbocycles. The molecule has 31 heavy (non-hydrogen) atoms. The van der Waals surface area contributed by atoms with Crippen molar-refractivity contribution in [1.29, 1.82) is 0 Å². The number of methoxy groups -OCH3 is 1. The number of carbonyl (C=O) groups excluding carboxylic acids is 1. The van der Waals surface area contributed by atoms with Gasteiger partial charge in [-0.25, -0.2) is 4.68 Å². The van der Waals surface area contributed by atoms with Crippen LogP contribution in [0.2, 0.25) is 5.02 Å². The van der Waals surface area contributed by atoms with Crippen molar-refractivity contribution >= 4 is 23.3 Å². The highest BCUT2D eigenvalue weighted by Gasteiger charge is 2.48. The number of nitrogens with zero attached hydrogens (tertiary/aromatic N) is 3. The lowest BCUT2D eigenvalue weighted by Crippen LogP contribution is -2.42. The van der Waals surface area contributed by atoms with E-state index in [4.69, 9.17) is 16.3 Å². The van der Waals surface area contributed by atoms with Gasteiger partial charge in [-0.15, -0.1) is 0 Å². The molecule has 0 radical (unpaired) electrons. The summed E-state index contributed by atoms with van der Waals surface area (Å²) in [5, 5.41) is 7.05. The molecule has 0 bridgehead atoms. The molecule has 1 N–H and O–H groups in total. The van der Waals surface area contributed by atoms with Crippen molar-refractivity contribution in [3.05, 3.63) is 40.5 Å². The molecule has 6 nitrogen and oxygen atoms in total. The van der Waals surface area contributed by atoms with Gasteiger partial charge in [0.25, 0.3) is 5.91 Å². The second-order valence-electron chi connectivity index (χ2n) is 8.06. The summed E-state index contributed by atoms with van der Waals surface area (Å²) in [6, 6.07) is 4.27. The van der Waals surface area contributed by atoms with E-state index in [9.17, 15) is 18.0 Å². The number of carbonyl (C=O) groups is 1. The van der Waals surface area contributed by atoms with E-state index in [2.05, 4.69) is 10.4 Å². The number of nitrogens with one attached hydrogen (secondary N) is 1. The average Bonchev–Trinajstić information content (AvgIpc) is 3.09. The van der Waals surface area contributed by atoms with Gasteiger partial charge in [-0.2, -0.15) is 18.3 Å². The van der Waals surface area contributed by atoms with Crippen molar-refractivity contribution < 1.29 is 22.7 Å². The number of amides is 1. The minimum Gasteiger partial charge on any atom is -0.497 e. The Hall–Kier alpha value is -2.42. The summed E-state index contributed by atoms with van der Waals surface area (Å²) in [5.41, 5.74) is 0.527. The summed E-state index contributed by atoms with van der Waals surface area (Å²) in [5.74, 6) is 0.199. The molecule has 1 saturated heterocycles. The van der Waals surface area contributed by atoms with Crippen molar-refractivity contribution in [3.8, 4) is 5.75 Å². The van der Waals surface area contributed by atoms with Gasteiger partial charge < -0.3 is 15.0 Å². The molecule has 1 aromatic carbocycles. The van der Waals surface area contributed by atoms with Crippen LogP contribution in [0.3, 0.4) is 0 Å². The Morgan fingerprint density at radius 1 is 1.26 bits per heavy atom. The first-order valence-corrected chi connectivity index (χ1v) is 10.6. The van der Waals surface area contributed by atoms with Crippen molar-refractivity contribution in [2.45, 2.75) is 56.9 Å². The Kier molecular flexibility index (Phi) is 5.81. The van der Waals surface area contributed by atoms with Crippen LogP contribution in [-0.2, 0) is 0 Å². The van der Waals surface area contributed by atoms with E-state index >= 15 is 0 Å². The van der Waals surface area contributed by atoms with Crippen LogP contribution in [0, 0.1) is 0 Å². The summed E-state index contributed by atoms with van der Waals surface area (Å²) in [4.78, 5) is 14.7. The molecule has 3 atom stereocenters. The molecule has 1 aromatic heterocycles. The lowest BCUT2D eigenvalue weighted by atomic mass is 9.97. The highest BCUT2D eigenvalue weighted by molar-refractivity contribution is 6.36. The van der Waals surface area contributed by atoms with E-state index in [1.165, 1.54) is 7.11 Å². The minimum atomic E-state index is -4.55. The van der Waals surface area contributed by atoms with Gasteiger partial charge >= 0.3 is 6.18 Å². The summed E-state index contributed by atoms with van der Waals surface area (Å²) >= 11 is 6.44. The molecule has 3 heterocycles.